The van der Waals surface area contributed by atoms with Crippen LogP contribution in [0, 0.1) is 0 Å². The van der Waals surface area contributed by atoms with Crippen LogP contribution in [0.25, 0.3) is 0 Å². The molecule has 0 radical (unpaired) electrons. The van der Waals surface area contributed by atoms with Crippen molar-refractivity contribution < 1.29 is 8.42 Å². The van der Waals surface area contributed by atoms with Crippen molar-refractivity contribution in [1.29, 1.82) is 0 Å². The Balaban J connectivity index is 1.73. The maximum atomic E-state index is 12.7. The average Bonchev–Trinajstić information content (AvgIpc) is 2.95. The molecule has 2 aliphatic rings. The number of nitrogens with zero attached hydrogens (tertiary/aromatic N) is 1. The van der Waals surface area contributed by atoms with Crippen molar-refractivity contribution in [3.63, 3.8) is 0 Å². The highest BCUT2D eigenvalue weighted by atomic mass is 32.2. The molecule has 6 heteroatoms. The highest BCUT2D eigenvalue weighted by Gasteiger charge is 2.35. The SMILES string of the molecule is CCC1CCCN1S(=O)(=O)c1ccc(CNC2CC2)s1. The molecule has 4 nitrogen and oxygen atoms in total. The van der Waals surface area contributed by atoms with Gasteiger partial charge in [0.15, 0.2) is 0 Å². The van der Waals surface area contributed by atoms with Crippen LogP contribution in [0.4, 0.5) is 0 Å². The lowest BCUT2D eigenvalue weighted by Gasteiger charge is -2.21. The summed E-state index contributed by atoms with van der Waals surface area (Å²) in [4.78, 5) is 1.11. The van der Waals surface area contributed by atoms with Crippen molar-refractivity contribution in [2.45, 2.75) is 61.9 Å². The Morgan fingerprint density at radius 2 is 2.15 bits per heavy atom. The van der Waals surface area contributed by atoms with Gasteiger partial charge in [0.25, 0.3) is 10.0 Å². The van der Waals surface area contributed by atoms with Crippen LogP contribution in [0.5, 0.6) is 0 Å². The van der Waals surface area contributed by atoms with Crippen molar-refractivity contribution in [2.24, 2.45) is 0 Å². The zero-order chi connectivity index (χ0) is 14.2. The highest BCUT2D eigenvalue weighted by Crippen LogP contribution is 2.31. The smallest absolute Gasteiger partial charge is 0.252 e. The van der Waals surface area contributed by atoms with Crippen molar-refractivity contribution >= 4 is 21.4 Å². The molecule has 20 heavy (non-hydrogen) atoms. The van der Waals surface area contributed by atoms with Gasteiger partial charge in [-0.15, -0.1) is 11.3 Å². The van der Waals surface area contributed by atoms with E-state index in [4.69, 9.17) is 0 Å². The molecule has 1 saturated heterocycles. The minimum atomic E-state index is -3.28. The Kier molecular flexibility index (Phi) is 4.17. The predicted octanol–water partition coefficient (Wildman–Crippen LogP) is 2.56. The molecule has 112 valence electrons. The van der Waals surface area contributed by atoms with E-state index in [1.807, 2.05) is 6.07 Å². The van der Waals surface area contributed by atoms with Gasteiger partial charge in [0.1, 0.15) is 4.21 Å². The summed E-state index contributed by atoms with van der Waals surface area (Å²) in [5.74, 6) is 0. The molecule has 2 heterocycles. The molecular formula is C14H22N2O2S2. The van der Waals surface area contributed by atoms with Gasteiger partial charge in [-0.25, -0.2) is 8.42 Å². The Hall–Kier alpha value is -0.430. The van der Waals surface area contributed by atoms with Crippen LogP contribution in [0.15, 0.2) is 16.3 Å². The monoisotopic (exact) mass is 314 g/mol. The predicted molar refractivity (Wildman–Crippen MR) is 81.4 cm³/mol. The van der Waals surface area contributed by atoms with Gasteiger partial charge in [-0.2, -0.15) is 4.31 Å². The number of sulfonamides is 1. The van der Waals surface area contributed by atoms with Crippen LogP contribution < -0.4 is 5.32 Å². The van der Waals surface area contributed by atoms with Crippen molar-refractivity contribution in [2.75, 3.05) is 6.54 Å². The van der Waals surface area contributed by atoms with Crippen LogP contribution in [-0.4, -0.2) is 31.4 Å². The van der Waals surface area contributed by atoms with Gasteiger partial charge in [-0.05, 0) is 44.2 Å². The third-order valence-electron chi connectivity index (χ3n) is 4.14. The second kappa shape index (κ2) is 5.75. The Labute approximate surface area is 125 Å². The number of hydrogen-bond donors (Lipinski definition) is 1. The molecule has 1 aliphatic heterocycles. The molecular weight excluding hydrogens is 292 g/mol. The molecule has 0 amide bonds. The second-order valence-electron chi connectivity index (χ2n) is 5.70. The van der Waals surface area contributed by atoms with Crippen molar-refractivity contribution in [3.05, 3.63) is 17.0 Å². The summed E-state index contributed by atoms with van der Waals surface area (Å²) < 4.78 is 27.6. The van der Waals surface area contributed by atoms with Gasteiger partial charge >= 0.3 is 0 Å². The van der Waals surface area contributed by atoms with E-state index < -0.39 is 10.0 Å². The molecule has 1 N–H and O–H groups in total. The summed E-state index contributed by atoms with van der Waals surface area (Å²) in [5.41, 5.74) is 0. The first-order valence-electron chi connectivity index (χ1n) is 7.45. The standard InChI is InChI=1S/C14H22N2O2S2/c1-2-12-4-3-9-16(12)20(17,18)14-8-7-13(19-14)10-15-11-5-6-11/h7-8,11-12,15H,2-6,9-10H2,1H3. The summed E-state index contributed by atoms with van der Waals surface area (Å²) in [5, 5.41) is 3.43. The molecule has 0 bridgehead atoms. The van der Waals surface area contributed by atoms with E-state index in [0.717, 1.165) is 30.7 Å². The first-order valence-corrected chi connectivity index (χ1v) is 9.71. The first-order chi connectivity index (χ1) is 9.61. The Bertz CT molecular complexity index is 563. The van der Waals surface area contributed by atoms with Crippen LogP contribution >= 0.6 is 11.3 Å². The summed E-state index contributed by atoms with van der Waals surface area (Å²) in [6, 6.07) is 4.56. The molecule has 1 aromatic heterocycles. The maximum absolute atomic E-state index is 12.7. The van der Waals surface area contributed by atoms with Crippen molar-refractivity contribution in [1.82, 2.24) is 9.62 Å². The molecule has 0 spiro atoms. The Morgan fingerprint density at radius 1 is 1.35 bits per heavy atom. The fourth-order valence-corrected chi connectivity index (χ4v) is 5.98. The van der Waals surface area contributed by atoms with Crippen LogP contribution in [0.1, 0.15) is 43.9 Å². The normalized spacial score (nSPS) is 24.4. The summed E-state index contributed by atoms with van der Waals surface area (Å²) in [6.45, 7) is 3.54. The summed E-state index contributed by atoms with van der Waals surface area (Å²) in [6.07, 6.45) is 5.39. The minimum Gasteiger partial charge on any atom is -0.309 e. The van der Waals surface area contributed by atoms with Crippen molar-refractivity contribution in [3.8, 4) is 0 Å². The zero-order valence-corrected chi connectivity index (χ0v) is 13.5. The van der Waals surface area contributed by atoms with Gasteiger partial charge in [-0.3, -0.25) is 0 Å². The van der Waals surface area contributed by atoms with Gasteiger partial charge in [0.2, 0.25) is 0 Å². The fourth-order valence-electron chi connectivity index (χ4n) is 2.77. The third kappa shape index (κ3) is 2.93. The quantitative estimate of drug-likeness (QED) is 0.878. The van der Waals surface area contributed by atoms with Crippen LogP contribution in [-0.2, 0) is 16.6 Å². The van der Waals surface area contributed by atoms with E-state index in [0.29, 0.717) is 16.8 Å². The van der Waals surface area contributed by atoms with Gasteiger partial charge in [0, 0.05) is 30.1 Å². The largest absolute Gasteiger partial charge is 0.309 e. The molecule has 1 unspecified atom stereocenters. The number of rotatable bonds is 6. The van der Waals surface area contributed by atoms with Gasteiger partial charge in [0.05, 0.1) is 0 Å². The number of hydrogen-bond acceptors (Lipinski definition) is 4. The first kappa shape index (κ1) is 14.5. The molecule has 3 rings (SSSR count). The van der Waals surface area contributed by atoms with E-state index in [1.54, 1.807) is 10.4 Å². The third-order valence-corrected chi connectivity index (χ3v) is 7.64. The number of thiophene rings is 1. The minimum absolute atomic E-state index is 0.190. The molecule has 1 saturated carbocycles. The molecule has 1 atom stereocenters. The molecule has 2 fully saturated rings. The van der Waals surface area contributed by atoms with Gasteiger partial charge < -0.3 is 5.32 Å². The maximum Gasteiger partial charge on any atom is 0.252 e. The Morgan fingerprint density at radius 3 is 2.85 bits per heavy atom. The lowest BCUT2D eigenvalue weighted by atomic mass is 10.2. The number of nitrogens with one attached hydrogen (secondary N) is 1. The van der Waals surface area contributed by atoms with E-state index in [2.05, 4.69) is 12.2 Å². The average molecular weight is 314 g/mol. The molecule has 0 aromatic carbocycles. The highest BCUT2D eigenvalue weighted by molar-refractivity contribution is 7.91. The lowest BCUT2D eigenvalue weighted by molar-refractivity contribution is 0.380. The fraction of sp³-hybridized carbons (Fsp3) is 0.714. The van der Waals surface area contributed by atoms with E-state index in [-0.39, 0.29) is 6.04 Å². The van der Waals surface area contributed by atoms with E-state index >= 15 is 0 Å². The molecule has 1 aromatic rings. The van der Waals surface area contributed by atoms with Gasteiger partial charge in [-0.1, -0.05) is 6.92 Å². The zero-order valence-electron chi connectivity index (χ0n) is 11.8. The molecule has 1 aliphatic carbocycles. The topological polar surface area (TPSA) is 49.4 Å². The van der Waals surface area contributed by atoms with E-state index in [9.17, 15) is 8.42 Å². The second-order valence-corrected chi connectivity index (χ2v) is 8.98. The summed E-state index contributed by atoms with van der Waals surface area (Å²) in [7, 11) is -3.28. The van der Waals surface area contributed by atoms with Crippen LogP contribution in [0.3, 0.4) is 0 Å². The van der Waals surface area contributed by atoms with E-state index in [1.165, 1.54) is 24.2 Å². The lowest BCUT2D eigenvalue weighted by Crippen LogP contribution is -2.34. The summed E-state index contributed by atoms with van der Waals surface area (Å²) >= 11 is 1.42. The van der Waals surface area contributed by atoms with Crippen LogP contribution in [0.2, 0.25) is 0 Å².